The van der Waals surface area contributed by atoms with E-state index in [1.165, 1.54) is 0 Å². The number of benzene rings is 9. The topological polar surface area (TPSA) is 134 Å². The molecule has 0 aromatic heterocycles. The molecule has 0 radical (unpaired) electrons. The van der Waals surface area contributed by atoms with Gasteiger partial charge >= 0.3 is 0 Å². The van der Waals surface area contributed by atoms with Crippen molar-refractivity contribution in [1.82, 2.24) is 0 Å². The molecule has 11 nitrogen and oxygen atoms in total. The predicted molar refractivity (Wildman–Crippen MR) is 329 cm³/mol. The highest BCUT2D eigenvalue weighted by atomic mass is 31.2. The van der Waals surface area contributed by atoms with Crippen molar-refractivity contribution in [3.63, 3.8) is 0 Å². The van der Waals surface area contributed by atoms with E-state index in [-0.39, 0.29) is 19.6 Å². The van der Waals surface area contributed by atoms with E-state index in [4.69, 9.17) is 45.6 Å². The third kappa shape index (κ3) is 11.1. The highest BCUT2D eigenvalue weighted by Crippen LogP contribution is 2.63. The van der Waals surface area contributed by atoms with E-state index in [0.29, 0.717) is 35.5 Å². The van der Waals surface area contributed by atoms with Crippen LogP contribution in [0.5, 0.6) is 0 Å². The van der Waals surface area contributed by atoms with Gasteiger partial charge in [-0.2, -0.15) is 0 Å². The normalized spacial score (nSPS) is 19.7. The van der Waals surface area contributed by atoms with Gasteiger partial charge in [0.15, 0.2) is 0 Å². The molecule has 14 heteroatoms. The van der Waals surface area contributed by atoms with E-state index in [2.05, 4.69) is 189 Å². The predicted octanol–water partition coefficient (Wildman–Crippen LogP) is 16.4. The number of quaternary nitrogens is 1. The molecule has 0 fully saturated rings. The van der Waals surface area contributed by atoms with Crippen molar-refractivity contribution in [2.75, 3.05) is 18.5 Å². The molecule has 3 aliphatic rings. The second kappa shape index (κ2) is 23.0. The third-order valence-corrected chi connectivity index (χ3v) is 27.0. The van der Waals surface area contributed by atoms with E-state index >= 15 is 5.21 Å². The Hall–Kier alpha value is -7.61. The number of hydrogen-bond acceptors (Lipinski definition) is 10. The summed E-state index contributed by atoms with van der Waals surface area (Å²) in [5, 5.41) is 53.7. The molecule has 9 aromatic rings. The van der Waals surface area contributed by atoms with Gasteiger partial charge in [-0.1, -0.05) is 244 Å². The molecular formula is C65H63N10OP3. The minimum atomic E-state index is -3.07. The van der Waals surface area contributed by atoms with E-state index in [1.807, 2.05) is 75.4 Å². The van der Waals surface area contributed by atoms with E-state index in [9.17, 15) is 0 Å². The van der Waals surface area contributed by atoms with E-state index < -0.39 is 31.2 Å². The Morgan fingerprint density at radius 2 is 0.557 bits per heavy atom. The molecule has 0 unspecified atom stereocenters. The highest BCUT2D eigenvalue weighted by molar-refractivity contribution is 7.83. The van der Waals surface area contributed by atoms with Gasteiger partial charge in [-0.15, -0.1) is 29.9 Å². The van der Waals surface area contributed by atoms with Crippen LogP contribution in [-0.2, 0) is 19.6 Å². The fourth-order valence-corrected chi connectivity index (χ4v) is 23.6. The summed E-state index contributed by atoms with van der Waals surface area (Å²) in [4.78, 5) is 17.2. The van der Waals surface area contributed by atoms with Gasteiger partial charge in [0.25, 0.3) is 0 Å². The molecular weight excluding hydrogens is 1030 g/mol. The maximum absolute atomic E-state index is 16.6. The molecule has 0 saturated carbocycles. The van der Waals surface area contributed by atoms with E-state index in [1.54, 1.807) is 0 Å². The molecule has 3 heterocycles. The number of hydrogen-bond donors (Lipinski definition) is 0. The van der Waals surface area contributed by atoms with Crippen molar-refractivity contribution >= 4 is 70.1 Å². The molecule has 79 heavy (non-hydrogen) atoms. The molecule has 9 aromatic carbocycles. The molecule has 0 saturated heterocycles. The van der Waals surface area contributed by atoms with Gasteiger partial charge in [0, 0.05) is 16.7 Å². The summed E-state index contributed by atoms with van der Waals surface area (Å²) in [6.45, 7) is 8.64. The quantitative estimate of drug-likeness (QED) is 0.0915. The molecule has 0 N–H and O–H groups in total. The molecule has 0 amide bonds. The van der Waals surface area contributed by atoms with Crippen LogP contribution >= 0.6 is 21.2 Å². The van der Waals surface area contributed by atoms with Crippen molar-refractivity contribution in [3.05, 3.63) is 275 Å². The number of aryl methyl sites for hydroxylation is 3. The Balaban J connectivity index is 1.35. The van der Waals surface area contributed by atoms with Crippen LogP contribution in [0, 0.1) is 31.4 Å². The fraction of sp³-hybridized carbons (Fsp3) is 0.169. The summed E-state index contributed by atoms with van der Waals surface area (Å²) in [5.74, 6) is 0. The SMILES string of the molecule is Cc1cccc2c1N=NN=P(c1ccccc1)(c1ccccc1)CC1(C)CP(c3ccccc3)(c3ccccc3)=NN=Nc3c(C)cccc3C[N+]([O-])(C2)Cc2cccc(C)c2N=NN=P(c2ccccc2)(c2ccccc2)C1. The molecule has 2 bridgehead atoms. The van der Waals surface area contributed by atoms with Crippen molar-refractivity contribution in [2.45, 2.75) is 47.3 Å². The summed E-state index contributed by atoms with van der Waals surface area (Å²) in [6.07, 6.45) is 1.54. The van der Waals surface area contributed by atoms with Gasteiger partial charge in [0.1, 0.15) is 19.6 Å². The lowest BCUT2D eigenvalue weighted by molar-refractivity contribution is -0.920. The molecule has 12 rings (SSSR count). The van der Waals surface area contributed by atoms with Gasteiger partial charge in [-0.25, -0.2) is 0 Å². The van der Waals surface area contributed by atoms with Crippen molar-refractivity contribution < 1.29 is 4.65 Å². The Labute approximate surface area is 464 Å². The number of rotatable bonds is 6. The zero-order chi connectivity index (χ0) is 54.3. The summed E-state index contributed by atoms with van der Waals surface area (Å²) in [5.41, 5.74) is 6.03. The Morgan fingerprint density at radius 3 is 0.785 bits per heavy atom. The molecule has 0 atom stereocenters. The molecule has 3 aliphatic heterocycles. The first-order valence-electron chi connectivity index (χ1n) is 26.7. The number of hydroxylamine groups is 3. The van der Waals surface area contributed by atoms with Gasteiger partial charge in [-0.3, -0.25) is 0 Å². The fourth-order valence-electron chi connectivity index (χ4n) is 11.7. The second-order valence-electron chi connectivity index (χ2n) is 21.2. The van der Waals surface area contributed by atoms with Crippen LogP contribution in [0.3, 0.4) is 0 Å². The number of fused-ring (bicyclic) bond motifs is 6. The van der Waals surface area contributed by atoms with Crippen molar-refractivity contribution in [1.29, 1.82) is 0 Å². The highest BCUT2D eigenvalue weighted by Gasteiger charge is 2.46. The Bertz CT molecular complexity index is 3360. The molecule has 0 spiro atoms. The van der Waals surface area contributed by atoms with Gasteiger partial charge in [0.05, 0.1) is 38.2 Å². The first kappa shape index (κ1) is 53.4. The van der Waals surface area contributed by atoms with Gasteiger partial charge < -0.3 is 9.85 Å². The average Bonchev–Trinajstić information content (AvgIpc) is 3.67. The first-order valence-corrected chi connectivity index (χ1v) is 32.5. The molecule has 394 valence electrons. The lowest BCUT2D eigenvalue weighted by Gasteiger charge is -2.44. The maximum Gasteiger partial charge on any atom is 0.107 e. The minimum absolute atomic E-state index is 0.0445. The Morgan fingerprint density at radius 1 is 0.329 bits per heavy atom. The maximum atomic E-state index is 16.6. The van der Waals surface area contributed by atoms with Gasteiger partial charge in [0.2, 0.25) is 0 Å². The standard InChI is InChI=1S/C65H63N10OP3/c1-50-26-23-29-53-44-75(76)45-54-30-24-27-51(2)63(54)67-70-73-78(58-36-15-7-16-37-58,59-38-17-8-18-39-59)48-65(4,47-77(72-69-66-62(50)53,56-32-11-5-12-33-56)57-34-13-6-14-35-57)49-79(60-40-19-9-20-41-60,61-42-21-10-22-43-61)74-71-68-64-52(3)28-25-31-55(64)46-75/h5-43H,44-49H2,1-4H3. The van der Waals surface area contributed by atoms with Crippen LogP contribution < -0.4 is 31.8 Å². The zero-order valence-electron chi connectivity index (χ0n) is 45.0. The monoisotopic (exact) mass is 1090 g/mol. The summed E-state index contributed by atoms with van der Waals surface area (Å²) in [6, 6.07) is 82.0. The third-order valence-electron chi connectivity index (χ3n) is 15.3. The van der Waals surface area contributed by atoms with Crippen LogP contribution in [0.25, 0.3) is 0 Å². The smallest absolute Gasteiger partial charge is 0.107 e. The zero-order valence-corrected chi connectivity index (χ0v) is 47.7. The summed E-state index contributed by atoms with van der Waals surface area (Å²) >= 11 is 0. The second-order valence-corrected chi connectivity index (χ2v) is 30.4. The van der Waals surface area contributed by atoms with Gasteiger partial charge in [-0.05, 0) is 109 Å². The first-order chi connectivity index (χ1) is 38.5. The summed E-state index contributed by atoms with van der Waals surface area (Å²) in [7, 11) is -9.20. The lowest BCUT2D eigenvalue weighted by atomic mass is 9.99. The van der Waals surface area contributed by atoms with Crippen molar-refractivity contribution in [2.24, 2.45) is 51.0 Å². The summed E-state index contributed by atoms with van der Waals surface area (Å²) < 4.78 is -0.728. The van der Waals surface area contributed by atoms with E-state index in [0.717, 1.165) is 65.2 Å². The van der Waals surface area contributed by atoms with Crippen LogP contribution in [0.2, 0.25) is 0 Å². The van der Waals surface area contributed by atoms with Crippen LogP contribution in [0.15, 0.2) is 282 Å². The lowest BCUT2D eigenvalue weighted by Crippen LogP contribution is -2.40. The van der Waals surface area contributed by atoms with Crippen LogP contribution in [-0.4, -0.2) is 23.1 Å². The Kier molecular flexibility index (Phi) is 15.5. The average molecular weight is 1090 g/mol. The van der Waals surface area contributed by atoms with Crippen LogP contribution in [0.4, 0.5) is 17.1 Å². The number of nitrogens with zero attached hydrogens (tertiary/aromatic N) is 10. The molecule has 0 aliphatic carbocycles. The van der Waals surface area contributed by atoms with Crippen molar-refractivity contribution in [3.8, 4) is 0 Å². The minimum Gasteiger partial charge on any atom is -0.632 e. The largest absolute Gasteiger partial charge is 0.632 e. The van der Waals surface area contributed by atoms with Crippen LogP contribution in [0.1, 0.15) is 40.3 Å².